The molecule has 0 atom stereocenters. The van der Waals surface area contributed by atoms with Crippen molar-refractivity contribution in [2.75, 3.05) is 37.6 Å². The van der Waals surface area contributed by atoms with Gasteiger partial charge in [-0.3, -0.25) is 9.52 Å². The Morgan fingerprint density at radius 2 is 1.53 bits per heavy atom. The monoisotopic (exact) mass is 559 g/mol. The molecule has 3 aromatic carbocycles. The summed E-state index contributed by atoms with van der Waals surface area (Å²) in [5, 5.41) is 2.71. The fourth-order valence-electron chi connectivity index (χ4n) is 3.72. The second-order valence-electron chi connectivity index (χ2n) is 8.62. The number of para-hydroxylation sites is 1. The van der Waals surface area contributed by atoms with E-state index in [2.05, 4.69) is 10.0 Å². The average Bonchev–Trinajstić information content (AvgIpc) is 2.93. The Morgan fingerprint density at radius 1 is 0.895 bits per heavy atom. The third-order valence-electron chi connectivity index (χ3n) is 5.91. The van der Waals surface area contributed by atoms with Gasteiger partial charge in [0.2, 0.25) is 10.0 Å². The van der Waals surface area contributed by atoms with Crippen molar-refractivity contribution in [3.8, 4) is 5.75 Å². The van der Waals surface area contributed by atoms with Crippen LogP contribution in [0.4, 0.5) is 5.69 Å². The zero-order chi connectivity index (χ0) is 27.2. The zero-order valence-corrected chi connectivity index (χ0v) is 22.4. The number of carbonyl (C=O) groups is 1. The van der Waals surface area contributed by atoms with Crippen LogP contribution in [0, 0.1) is 6.92 Å². The number of hydrogen-bond acceptors (Lipinski definition) is 7. The predicted molar refractivity (Wildman–Crippen MR) is 142 cm³/mol. The molecule has 1 fully saturated rings. The minimum atomic E-state index is -3.77. The van der Waals surface area contributed by atoms with E-state index < -0.39 is 20.0 Å². The van der Waals surface area contributed by atoms with E-state index in [4.69, 9.17) is 9.47 Å². The lowest BCUT2D eigenvalue weighted by Gasteiger charge is -2.26. The maximum atomic E-state index is 12.7. The van der Waals surface area contributed by atoms with Crippen molar-refractivity contribution in [2.45, 2.75) is 23.3 Å². The molecule has 2 N–H and O–H groups in total. The van der Waals surface area contributed by atoms with E-state index in [0.717, 1.165) is 11.1 Å². The number of carbonyl (C=O) groups excluding carboxylic acids is 1. The van der Waals surface area contributed by atoms with Crippen molar-refractivity contribution in [3.05, 3.63) is 83.9 Å². The molecule has 1 heterocycles. The van der Waals surface area contributed by atoms with Crippen molar-refractivity contribution >= 4 is 31.6 Å². The van der Waals surface area contributed by atoms with Crippen molar-refractivity contribution in [3.63, 3.8) is 0 Å². The van der Waals surface area contributed by atoms with Gasteiger partial charge in [-0.25, -0.2) is 16.8 Å². The highest BCUT2D eigenvalue weighted by atomic mass is 32.2. The first-order valence-corrected chi connectivity index (χ1v) is 14.8. The molecule has 0 unspecified atom stereocenters. The average molecular weight is 560 g/mol. The molecule has 0 saturated carbocycles. The first-order valence-electron chi connectivity index (χ1n) is 11.9. The van der Waals surface area contributed by atoms with Gasteiger partial charge in [-0.15, -0.1) is 0 Å². The molecule has 1 aliphatic heterocycles. The first-order chi connectivity index (χ1) is 18.1. The molecule has 4 rings (SSSR count). The maximum Gasteiger partial charge on any atom is 0.261 e. The molecule has 38 heavy (non-hydrogen) atoms. The summed E-state index contributed by atoms with van der Waals surface area (Å²) in [6, 6.07) is 19.2. The number of aryl methyl sites for hydroxylation is 1. The number of benzene rings is 3. The van der Waals surface area contributed by atoms with Crippen LogP contribution in [-0.4, -0.2) is 60.0 Å². The van der Waals surface area contributed by atoms with Crippen LogP contribution in [0.2, 0.25) is 0 Å². The fourth-order valence-corrected chi connectivity index (χ4v) is 6.26. The number of amides is 1. The Morgan fingerprint density at radius 3 is 2.18 bits per heavy atom. The SMILES string of the molecule is Cc1ccccc1NS(=O)(=O)c1ccc(OCC(=O)NCc2ccc(S(=O)(=O)N3CCOCC3)cc2)cc1. The van der Waals surface area contributed by atoms with Crippen molar-refractivity contribution in [1.82, 2.24) is 9.62 Å². The third kappa shape index (κ3) is 6.90. The number of sulfonamides is 2. The summed E-state index contributed by atoms with van der Waals surface area (Å²) in [5.74, 6) is -0.0411. The molecule has 0 radical (unpaired) electrons. The topological polar surface area (TPSA) is 131 Å². The molecule has 0 bridgehead atoms. The summed E-state index contributed by atoms with van der Waals surface area (Å²) in [5.41, 5.74) is 2.03. The molecule has 10 nitrogen and oxygen atoms in total. The van der Waals surface area contributed by atoms with Crippen LogP contribution in [0.1, 0.15) is 11.1 Å². The standard InChI is InChI=1S/C26H29N3O7S2/c1-20-4-2-3-5-25(20)28-37(31,32)23-12-8-22(9-13-23)36-19-26(30)27-18-21-6-10-24(11-7-21)38(33,34)29-14-16-35-17-15-29/h2-13,28H,14-19H2,1H3,(H,27,30). The van der Waals surface area contributed by atoms with E-state index in [-0.39, 0.29) is 28.8 Å². The Kier molecular flexibility index (Phi) is 8.67. The zero-order valence-electron chi connectivity index (χ0n) is 20.8. The predicted octanol–water partition coefficient (Wildman–Crippen LogP) is 2.51. The summed E-state index contributed by atoms with van der Waals surface area (Å²) in [6.07, 6.45) is 0. The fraction of sp³-hybridized carbons (Fsp3) is 0.269. The first kappa shape index (κ1) is 27.6. The van der Waals surface area contributed by atoms with Crippen LogP contribution in [0.15, 0.2) is 82.6 Å². The second-order valence-corrected chi connectivity index (χ2v) is 12.2. The van der Waals surface area contributed by atoms with Gasteiger partial charge in [0.25, 0.3) is 15.9 Å². The third-order valence-corrected chi connectivity index (χ3v) is 9.21. The van der Waals surface area contributed by atoms with Crippen molar-refractivity contribution in [1.29, 1.82) is 0 Å². The molecule has 0 spiro atoms. The molecule has 3 aromatic rings. The Hall–Kier alpha value is -3.45. The summed E-state index contributed by atoms with van der Waals surface area (Å²) >= 11 is 0. The van der Waals surface area contributed by atoms with Crippen LogP contribution in [-0.2, 0) is 36.1 Å². The van der Waals surface area contributed by atoms with E-state index in [1.807, 2.05) is 19.1 Å². The van der Waals surface area contributed by atoms with Gasteiger partial charge in [0.15, 0.2) is 6.61 Å². The number of anilines is 1. The van der Waals surface area contributed by atoms with Crippen LogP contribution < -0.4 is 14.8 Å². The number of morpholine rings is 1. The number of nitrogens with zero attached hydrogens (tertiary/aromatic N) is 1. The van der Waals surface area contributed by atoms with E-state index in [0.29, 0.717) is 37.7 Å². The summed E-state index contributed by atoms with van der Waals surface area (Å²) in [6.45, 7) is 3.14. The lowest BCUT2D eigenvalue weighted by atomic mass is 10.2. The molecule has 1 aliphatic rings. The molecule has 1 saturated heterocycles. The molecule has 202 valence electrons. The van der Waals surface area contributed by atoms with Crippen LogP contribution in [0.5, 0.6) is 5.75 Å². The van der Waals surface area contributed by atoms with E-state index >= 15 is 0 Å². The Labute approximate surface area is 222 Å². The lowest BCUT2D eigenvalue weighted by molar-refractivity contribution is -0.123. The molecule has 12 heteroatoms. The van der Waals surface area contributed by atoms with Gasteiger partial charge in [-0.1, -0.05) is 30.3 Å². The highest BCUT2D eigenvalue weighted by Gasteiger charge is 2.26. The smallest absolute Gasteiger partial charge is 0.261 e. The number of hydrogen-bond donors (Lipinski definition) is 2. The number of ether oxygens (including phenoxy) is 2. The van der Waals surface area contributed by atoms with Gasteiger partial charge in [-0.05, 0) is 60.5 Å². The van der Waals surface area contributed by atoms with Crippen molar-refractivity contribution < 1.29 is 31.1 Å². The van der Waals surface area contributed by atoms with Gasteiger partial charge in [0, 0.05) is 19.6 Å². The molecular formula is C26H29N3O7S2. The minimum Gasteiger partial charge on any atom is -0.484 e. The van der Waals surface area contributed by atoms with Gasteiger partial charge in [0.1, 0.15) is 5.75 Å². The van der Waals surface area contributed by atoms with Gasteiger partial charge in [-0.2, -0.15) is 4.31 Å². The molecule has 0 aliphatic carbocycles. The summed E-state index contributed by atoms with van der Waals surface area (Å²) in [4.78, 5) is 12.5. The minimum absolute atomic E-state index is 0.0663. The quantitative estimate of drug-likeness (QED) is 0.390. The molecular weight excluding hydrogens is 530 g/mol. The normalized spacial score (nSPS) is 14.6. The summed E-state index contributed by atoms with van der Waals surface area (Å²) in [7, 11) is -7.35. The highest BCUT2D eigenvalue weighted by Crippen LogP contribution is 2.21. The Bertz CT molecular complexity index is 1470. The molecule has 0 aromatic heterocycles. The number of nitrogens with one attached hydrogen (secondary N) is 2. The van der Waals surface area contributed by atoms with E-state index in [9.17, 15) is 21.6 Å². The summed E-state index contributed by atoms with van der Waals surface area (Å²) < 4.78 is 65.3. The van der Waals surface area contributed by atoms with Gasteiger partial charge in [0.05, 0.1) is 28.7 Å². The van der Waals surface area contributed by atoms with Gasteiger partial charge < -0.3 is 14.8 Å². The number of rotatable bonds is 10. The second kappa shape index (κ2) is 11.9. The Balaban J connectivity index is 1.26. The van der Waals surface area contributed by atoms with Crippen LogP contribution in [0.25, 0.3) is 0 Å². The van der Waals surface area contributed by atoms with Gasteiger partial charge >= 0.3 is 0 Å². The van der Waals surface area contributed by atoms with Crippen LogP contribution in [0.3, 0.4) is 0 Å². The largest absolute Gasteiger partial charge is 0.484 e. The maximum absolute atomic E-state index is 12.7. The van der Waals surface area contributed by atoms with E-state index in [1.165, 1.54) is 40.7 Å². The lowest BCUT2D eigenvalue weighted by Crippen LogP contribution is -2.40. The van der Waals surface area contributed by atoms with Crippen LogP contribution >= 0.6 is 0 Å². The van der Waals surface area contributed by atoms with E-state index in [1.54, 1.807) is 24.3 Å². The molecule has 1 amide bonds. The van der Waals surface area contributed by atoms with Crippen molar-refractivity contribution in [2.24, 2.45) is 0 Å². The highest BCUT2D eigenvalue weighted by molar-refractivity contribution is 7.92.